The van der Waals surface area contributed by atoms with Crippen molar-refractivity contribution in [1.82, 2.24) is 20.7 Å². The molecule has 0 bridgehead atoms. The molecule has 4 heteroatoms. The van der Waals surface area contributed by atoms with Crippen molar-refractivity contribution in [2.75, 3.05) is 20.1 Å². The van der Waals surface area contributed by atoms with E-state index in [2.05, 4.69) is 72.8 Å². The highest BCUT2D eigenvalue weighted by Gasteiger charge is 2.30. The van der Waals surface area contributed by atoms with Crippen LogP contribution < -0.4 is 10.9 Å². The molecule has 2 aromatic rings. The van der Waals surface area contributed by atoms with Crippen LogP contribution in [0.2, 0.25) is 0 Å². The predicted octanol–water partition coefficient (Wildman–Crippen LogP) is 2.45. The van der Waals surface area contributed by atoms with Gasteiger partial charge in [-0.05, 0) is 45.9 Å². The average molecular weight is 300 g/mol. The van der Waals surface area contributed by atoms with Crippen molar-refractivity contribution in [3.63, 3.8) is 0 Å². The molecule has 3 N–H and O–H groups in total. The number of aromatic nitrogens is 1. The zero-order chi connectivity index (χ0) is 15.7. The number of aromatic amines is 1. The maximum Gasteiger partial charge on any atom is 0.0458 e. The van der Waals surface area contributed by atoms with Crippen LogP contribution in [0.1, 0.15) is 25.1 Å². The first kappa shape index (κ1) is 15.5. The highest BCUT2D eigenvalue weighted by molar-refractivity contribution is 5.84. The molecule has 22 heavy (non-hydrogen) atoms. The number of aryl methyl sites for hydroxylation is 1. The molecular formula is C18H28N4. The number of benzene rings is 1. The van der Waals surface area contributed by atoms with E-state index in [1.807, 2.05) is 0 Å². The summed E-state index contributed by atoms with van der Waals surface area (Å²) in [5.74, 6) is 0.661. The zero-order valence-corrected chi connectivity index (χ0v) is 14.1. The summed E-state index contributed by atoms with van der Waals surface area (Å²) >= 11 is 0. The van der Waals surface area contributed by atoms with Crippen LogP contribution in [-0.2, 0) is 6.42 Å². The quantitative estimate of drug-likeness (QED) is 0.794. The lowest BCUT2D eigenvalue weighted by molar-refractivity contribution is 0.258. The molecule has 0 radical (unpaired) electrons. The number of H-pyrrole nitrogens is 1. The maximum absolute atomic E-state index is 3.50. The summed E-state index contributed by atoms with van der Waals surface area (Å²) in [4.78, 5) is 5.97. The van der Waals surface area contributed by atoms with Crippen molar-refractivity contribution >= 4 is 10.9 Å². The minimum atomic E-state index is 0.535. The molecule has 0 saturated carbocycles. The molecule has 1 fully saturated rings. The van der Waals surface area contributed by atoms with Crippen LogP contribution in [0, 0.1) is 12.8 Å². The van der Waals surface area contributed by atoms with E-state index >= 15 is 0 Å². The number of hydrazine groups is 1. The fraction of sp³-hybridized carbons (Fsp3) is 0.556. The van der Waals surface area contributed by atoms with Crippen molar-refractivity contribution in [3.8, 4) is 0 Å². The van der Waals surface area contributed by atoms with E-state index < -0.39 is 0 Å². The summed E-state index contributed by atoms with van der Waals surface area (Å²) in [6.45, 7) is 8.93. The number of hydrogen-bond acceptors (Lipinski definition) is 3. The number of likely N-dealkylation sites (N-methyl/N-ethyl adjacent to an activating group) is 1. The summed E-state index contributed by atoms with van der Waals surface area (Å²) in [5, 5.41) is 1.37. The Morgan fingerprint density at radius 1 is 1.09 bits per heavy atom. The third-order valence-corrected chi connectivity index (χ3v) is 5.12. The number of fused-ring (bicyclic) bond motifs is 1. The summed E-state index contributed by atoms with van der Waals surface area (Å²) in [7, 11) is 2.24. The molecule has 0 aliphatic carbocycles. The lowest BCUT2D eigenvalue weighted by atomic mass is 9.96. The van der Waals surface area contributed by atoms with E-state index in [-0.39, 0.29) is 0 Å². The molecule has 1 saturated heterocycles. The third kappa shape index (κ3) is 3.05. The van der Waals surface area contributed by atoms with Crippen LogP contribution in [0.25, 0.3) is 10.9 Å². The molecule has 1 aliphatic rings. The second-order valence-electron chi connectivity index (χ2n) is 6.82. The predicted molar refractivity (Wildman–Crippen MR) is 92.9 cm³/mol. The van der Waals surface area contributed by atoms with Crippen LogP contribution in [0.4, 0.5) is 0 Å². The Hall–Kier alpha value is -1.36. The minimum Gasteiger partial charge on any atom is -0.358 e. The van der Waals surface area contributed by atoms with Gasteiger partial charge in [-0.1, -0.05) is 18.2 Å². The Balaban J connectivity index is 1.63. The number of nitrogens with one attached hydrogen (secondary N) is 3. The second kappa shape index (κ2) is 6.41. The molecular weight excluding hydrogens is 272 g/mol. The van der Waals surface area contributed by atoms with Crippen molar-refractivity contribution < 1.29 is 0 Å². The summed E-state index contributed by atoms with van der Waals surface area (Å²) in [6.07, 6.45) is 1.10. The third-order valence-electron chi connectivity index (χ3n) is 5.12. The van der Waals surface area contributed by atoms with Gasteiger partial charge in [-0.3, -0.25) is 10.9 Å². The Kier molecular flexibility index (Phi) is 4.52. The monoisotopic (exact) mass is 300 g/mol. The molecule has 2 atom stereocenters. The standard InChI is InChI=1S/C18H28N4/c1-12-15(16-7-5-6-8-18(16)19-12)9-10-22(4)11-17-13(2)20-21-14(17)3/h5-8,13-14,17,19-21H,9-11H2,1-4H3. The van der Waals surface area contributed by atoms with Crippen LogP contribution >= 0.6 is 0 Å². The van der Waals surface area contributed by atoms with Gasteiger partial charge in [0.25, 0.3) is 0 Å². The van der Waals surface area contributed by atoms with Gasteiger partial charge in [-0.2, -0.15) is 0 Å². The number of nitrogens with zero attached hydrogens (tertiary/aromatic N) is 1. The second-order valence-corrected chi connectivity index (χ2v) is 6.82. The smallest absolute Gasteiger partial charge is 0.0458 e. The SMILES string of the molecule is Cc1[nH]c2ccccc2c1CCN(C)CC1C(C)NNC1C. The van der Waals surface area contributed by atoms with Crippen LogP contribution in [0.3, 0.4) is 0 Å². The minimum absolute atomic E-state index is 0.535. The van der Waals surface area contributed by atoms with Crippen LogP contribution in [-0.4, -0.2) is 42.1 Å². The molecule has 2 heterocycles. The molecule has 0 spiro atoms. The first-order chi connectivity index (χ1) is 10.6. The fourth-order valence-electron chi connectivity index (χ4n) is 3.64. The lowest BCUT2D eigenvalue weighted by Crippen LogP contribution is -2.36. The van der Waals surface area contributed by atoms with Gasteiger partial charge in [0, 0.05) is 47.7 Å². The highest BCUT2D eigenvalue weighted by Crippen LogP contribution is 2.23. The van der Waals surface area contributed by atoms with Gasteiger partial charge in [0.15, 0.2) is 0 Å². The van der Waals surface area contributed by atoms with Gasteiger partial charge in [-0.15, -0.1) is 0 Å². The van der Waals surface area contributed by atoms with E-state index in [0.29, 0.717) is 18.0 Å². The molecule has 0 amide bonds. The summed E-state index contributed by atoms with van der Waals surface area (Å²) < 4.78 is 0. The lowest BCUT2D eigenvalue weighted by Gasteiger charge is -2.25. The first-order valence-corrected chi connectivity index (χ1v) is 8.32. The van der Waals surface area contributed by atoms with Crippen molar-refractivity contribution in [2.45, 2.75) is 39.3 Å². The largest absolute Gasteiger partial charge is 0.358 e. The molecule has 1 aliphatic heterocycles. The summed E-state index contributed by atoms with van der Waals surface area (Å²) in [6, 6.07) is 9.68. The molecule has 120 valence electrons. The van der Waals surface area contributed by atoms with Crippen molar-refractivity contribution in [2.24, 2.45) is 5.92 Å². The molecule has 1 aromatic carbocycles. The van der Waals surface area contributed by atoms with E-state index in [9.17, 15) is 0 Å². The molecule has 1 aromatic heterocycles. The van der Waals surface area contributed by atoms with E-state index in [4.69, 9.17) is 0 Å². The zero-order valence-electron chi connectivity index (χ0n) is 14.1. The van der Waals surface area contributed by atoms with Gasteiger partial charge in [0.2, 0.25) is 0 Å². The van der Waals surface area contributed by atoms with Gasteiger partial charge < -0.3 is 9.88 Å². The van der Waals surface area contributed by atoms with Gasteiger partial charge >= 0.3 is 0 Å². The maximum atomic E-state index is 3.50. The molecule has 2 unspecified atom stereocenters. The van der Waals surface area contributed by atoms with E-state index in [0.717, 1.165) is 19.5 Å². The van der Waals surface area contributed by atoms with E-state index in [1.54, 1.807) is 0 Å². The van der Waals surface area contributed by atoms with Crippen molar-refractivity contribution in [1.29, 1.82) is 0 Å². The first-order valence-electron chi connectivity index (χ1n) is 8.32. The number of para-hydroxylation sites is 1. The Labute approximate surface area is 133 Å². The van der Waals surface area contributed by atoms with Crippen molar-refractivity contribution in [3.05, 3.63) is 35.5 Å². The van der Waals surface area contributed by atoms with E-state index in [1.165, 1.54) is 22.2 Å². The average Bonchev–Trinajstić information content (AvgIpc) is 2.98. The van der Waals surface area contributed by atoms with Crippen LogP contribution in [0.15, 0.2) is 24.3 Å². The molecule has 4 nitrogen and oxygen atoms in total. The van der Waals surface area contributed by atoms with Crippen LogP contribution in [0.5, 0.6) is 0 Å². The fourth-order valence-corrected chi connectivity index (χ4v) is 3.64. The topological polar surface area (TPSA) is 43.1 Å². The van der Waals surface area contributed by atoms with Gasteiger partial charge in [0.05, 0.1) is 0 Å². The highest BCUT2D eigenvalue weighted by atomic mass is 15.4. The number of rotatable bonds is 5. The van der Waals surface area contributed by atoms with Gasteiger partial charge in [0.1, 0.15) is 0 Å². The summed E-state index contributed by atoms with van der Waals surface area (Å²) in [5.41, 5.74) is 10.7. The Morgan fingerprint density at radius 3 is 2.50 bits per heavy atom. The van der Waals surface area contributed by atoms with Gasteiger partial charge in [-0.25, -0.2) is 0 Å². The molecule has 3 rings (SSSR count). The Morgan fingerprint density at radius 2 is 1.77 bits per heavy atom. The Bertz CT molecular complexity index is 623. The number of hydrogen-bond donors (Lipinski definition) is 3. The normalized spacial score (nSPS) is 25.4.